The second kappa shape index (κ2) is 8.28. The van der Waals surface area contributed by atoms with Gasteiger partial charge in [-0.05, 0) is 68.4 Å². The van der Waals surface area contributed by atoms with Crippen LogP contribution in [0.15, 0.2) is 54.6 Å². The average Bonchev–Trinajstić information content (AvgIpc) is 3.18. The van der Waals surface area contributed by atoms with Crippen molar-refractivity contribution in [3.63, 3.8) is 0 Å². The molecule has 30 heavy (non-hydrogen) atoms. The van der Waals surface area contributed by atoms with E-state index in [0.29, 0.717) is 30.2 Å². The minimum Gasteiger partial charge on any atom is -0.497 e. The summed E-state index contributed by atoms with van der Waals surface area (Å²) in [4.78, 5) is 15.2. The minimum absolute atomic E-state index is 0.0408. The summed E-state index contributed by atoms with van der Waals surface area (Å²) < 4.78 is 26.0. The van der Waals surface area contributed by atoms with Crippen molar-refractivity contribution >= 4 is 5.91 Å². The molecule has 1 aliphatic rings. The summed E-state index contributed by atoms with van der Waals surface area (Å²) in [6, 6.07) is 15.2. The standard InChI is InChI=1S/C23H24FN3O3/c1-15-13-26(14-16(2)30-15)23(28)22-12-21(17-4-10-20(29-3)11-5-17)25-27(22)19-8-6-18(24)7-9-19/h4-12,15-16H,13-14H2,1-3H3/t15-,16+. The number of nitrogens with zero attached hydrogens (tertiary/aromatic N) is 3. The number of carbonyl (C=O) groups excluding carboxylic acids is 1. The van der Waals surface area contributed by atoms with Crippen LogP contribution in [0.4, 0.5) is 4.39 Å². The van der Waals surface area contributed by atoms with Crippen molar-refractivity contribution in [2.45, 2.75) is 26.1 Å². The lowest BCUT2D eigenvalue weighted by Crippen LogP contribution is -2.48. The molecule has 1 fully saturated rings. The lowest BCUT2D eigenvalue weighted by molar-refractivity contribution is -0.0588. The number of methoxy groups -OCH3 is 1. The molecule has 2 heterocycles. The van der Waals surface area contributed by atoms with Crippen molar-refractivity contribution in [3.8, 4) is 22.7 Å². The summed E-state index contributed by atoms with van der Waals surface area (Å²) in [7, 11) is 1.61. The maximum absolute atomic E-state index is 13.4. The minimum atomic E-state index is -0.343. The Morgan fingerprint density at radius 2 is 1.70 bits per heavy atom. The van der Waals surface area contributed by atoms with Crippen LogP contribution in [0.5, 0.6) is 5.75 Å². The van der Waals surface area contributed by atoms with Gasteiger partial charge in [-0.3, -0.25) is 4.79 Å². The third kappa shape index (κ3) is 4.07. The second-order valence-electron chi connectivity index (χ2n) is 7.50. The molecule has 1 saturated heterocycles. The number of amides is 1. The maximum atomic E-state index is 13.4. The summed E-state index contributed by atoms with van der Waals surface area (Å²) in [5, 5.41) is 4.66. The van der Waals surface area contributed by atoms with Crippen LogP contribution in [-0.4, -0.2) is 53.0 Å². The van der Waals surface area contributed by atoms with Crippen LogP contribution in [0.25, 0.3) is 16.9 Å². The molecule has 0 unspecified atom stereocenters. The van der Waals surface area contributed by atoms with E-state index in [4.69, 9.17) is 9.47 Å². The number of halogens is 1. The Balaban J connectivity index is 1.75. The molecule has 156 valence electrons. The van der Waals surface area contributed by atoms with Gasteiger partial charge < -0.3 is 14.4 Å². The molecule has 7 heteroatoms. The molecular weight excluding hydrogens is 385 g/mol. The molecule has 0 radical (unpaired) electrons. The van der Waals surface area contributed by atoms with Crippen LogP contribution in [0.3, 0.4) is 0 Å². The van der Waals surface area contributed by atoms with Gasteiger partial charge in [-0.2, -0.15) is 5.10 Å². The fraction of sp³-hybridized carbons (Fsp3) is 0.304. The molecule has 1 aromatic heterocycles. The van der Waals surface area contributed by atoms with Crippen molar-refractivity contribution in [2.75, 3.05) is 20.2 Å². The van der Waals surface area contributed by atoms with Crippen molar-refractivity contribution in [2.24, 2.45) is 0 Å². The van der Waals surface area contributed by atoms with E-state index < -0.39 is 0 Å². The fourth-order valence-corrected chi connectivity index (χ4v) is 3.72. The molecule has 1 aliphatic heterocycles. The number of ether oxygens (including phenoxy) is 2. The molecule has 2 atom stereocenters. The highest BCUT2D eigenvalue weighted by atomic mass is 19.1. The lowest BCUT2D eigenvalue weighted by Gasteiger charge is -2.35. The van der Waals surface area contributed by atoms with Gasteiger partial charge in [0.25, 0.3) is 5.91 Å². The lowest BCUT2D eigenvalue weighted by atomic mass is 10.1. The summed E-state index contributed by atoms with van der Waals surface area (Å²) in [6.45, 7) is 4.93. The largest absolute Gasteiger partial charge is 0.497 e. The van der Waals surface area contributed by atoms with Crippen LogP contribution in [0, 0.1) is 5.82 Å². The predicted molar refractivity (Wildman–Crippen MR) is 111 cm³/mol. The molecule has 0 spiro atoms. The molecule has 0 saturated carbocycles. The number of aromatic nitrogens is 2. The molecule has 6 nitrogen and oxygen atoms in total. The van der Waals surface area contributed by atoms with Gasteiger partial charge in [-0.15, -0.1) is 0 Å². The Labute approximate surface area is 174 Å². The topological polar surface area (TPSA) is 56.6 Å². The summed E-state index contributed by atoms with van der Waals surface area (Å²) >= 11 is 0. The van der Waals surface area contributed by atoms with Gasteiger partial charge in [-0.1, -0.05) is 0 Å². The highest BCUT2D eigenvalue weighted by molar-refractivity contribution is 5.94. The van der Waals surface area contributed by atoms with Gasteiger partial charge in [0.15, 0.2) is 0 Å². The first kappa shape index (κ1) is 20.1. The first-order valence-electron chi connectivity index (χ1n) is 9.90. The van der Waals surface area contributed by atoms with E-state index in [9.17, 15) is 9.18 Å². The van der Waals surface area contributed by atoms with Gasteiger partial charge in [-0.25, -0.2) is 9.07 Å². The van der Waals surface area contributed by atoms with Crippen LogP contribution in [0.2, 0.25) is 0 Å². The van der Waals surface area contributed by atoms with Gasteiger partial charge in [0, 0.05) is 18.7 Å². The average molecular weight is 409 g/mol. The smallest absolute Gasteiger partial charge is 0.272 e. The third-order valence-electron chi connectivity index (χ3n) is 5.09. The number of benzene rings is 2. The molecule has 0 N–H and O–H groups in total. The highest BCUT2D eigenvalue weighted by Crippen LogP contribution is 2.25. The van der Waals surface area contributed by atoms with Crippen LogP contribution in [-0.2, 0) is 4.74 Å². The van der Waals surface area contributed by atoms with Gasteiger partial charge in [0.2, 0.25) is 0 Å². The van der Waals surface area contributed by atoms with Crippen molar-refractivity contribution in [1.82, 2.24) is 14.7 Å². The first-order chi connectivity index (χ1) is 14.4. The van der Waals surface area contributed by atoms with Crippen molar-refractivity contribution < 1.29 is 18.7 Å². The van der Waals surface area contributed by atoms with Gasteiger partial charge in [0.1, 0.15) is 17.3 Å². The third-order valence-corrected chi connectivity index (χ3v) is 5.09. The van der Waals surface area contributed by atoms with E-state index in [1.54, 1.807) is 34.9 Å². The Bertz CT molecular complexity index is 1020. The predicted octanol–water partition coefficient (Wildman–Crippen LogP) is 3.94. The molecule has 0 bridgehead atoms. The van der Waals surface area contributed by atoms with E-state index in [-0.39, 0.29) is 23.9 Å². The zero-order valence-electron chi connectivity index (χ0n) is 17.2. The van der Waals surface area contributed by atoms with Crippen molar-refractivity contribution in [1.29, 1.82) is 0 Å². The Morgan fingerprint density at radius 1 is 1.07 bits per heavy atom. The van der Waals surface area contributed by atoms with Gasteiger partial charge in [0.05, 0.1) is 30.7 Å². The van der Waals surface area contributed by atoms with E-state index in [2.05, 4.69) is 5.10 Å². The second-order valence-corrected chi connectivity index (χ2v) is 7.50. The maximum Gasteiger partial charge on any atom is 0.272 e. The molecule has 0 aliphatic carbocycles. The Morgan fingerprint density at radius 3 is 2.30 bits per heavy atom. The van der Waals surface area contributed by atoms with Crippen LogP contribution in [0.1, 0.15) is 24.3 Å². The van der Waals surface area contributed by atoms with Gasteiger partial charge >= 0.3 is 0 Å². The number of rotatable bonds is 4. The molecule has 3 aromatic rings. The number of hydrogen-bond donors (Lipinski definition) is 0. The fourth-order valence-electron chi connectivity index (χ4n) is 3.72. The summed E-state index contributed by atoms with van der Waals surface area (Å²) in [6.07, 6.45) is -0.0816. The van der Waals surface area contributed by atoms with Crippen LogP contribution < -0.4 is 4.74 Å². The zero-order chi connectivity index (χ0) is 21.3. The normalized spacial score (nSPS) is 19.0. The highest BCUT2D eigenvalue weighted by Gasteiger charge is 2.29. The summed E-state index contributed by atoms with van der Waals surface area (Å²) in [5.41, 5.74) is 2.55. The zero-order valence-corrected chi connectivity index (χ0v) is 17.2. The quantitative estimate of drug-likeness (QED) is 0.655. The Hall–Kier alpha value is -3.19. The monoisotopic (exact) mass is 409 g/mol. The van der Waals surface area contributed by atoms with E-state index >= 15 is 0 Å². The first-order valence-corrected chi connectivity index (χ1v) is 9.90. The van der Waals surface area contributed by atoms with Crippen LogP contribution >= 0.6 is 0 Å². The molecule has 4 rings (SSSR count). The number of carbonyl (C=O) groups is 1. The number of morpholine rings is 1. The van der Waals surface area contributed by atoms with E-state index in [0.717, 1.165) is 11.3 Å². The van der Waals surface area contributed by atoms with Crippen molar-refractivity contribution in [3.05, 3.63) is 66.1 Å². The molecule has 2 aromatic carbocycles. The number of hydrogen-bond acceptors (Lipinski definition) is 4. The molecule has 1 amide bonds. The van der Waals surface area contributed by atoms with E-state index in [1.165, 1.54) is 12.1 Å². The SMILES string of the molecule is COc1ccc(-c2cc(C(=O)N3C[C@@H](C)O[C@@H](C)C3)n(-c3ccc(F)cc3)n2)cc1. The van der Waals surface area contributed by atoms with E-state index in [1.807, 2.05) is 38.1 Å². The molecular formula is C23H24FN3O3. The summed E-state index contributed by atoms with van der Waals surface area (Å²) in [5.74, 6) is 0.267. The Kier molecular flexibility index (Phi) is 5.55.